The first kappa shape index (κ1) is 28.4. The molecule has 9 nitrogen and oxygen atoms in total. The lowest BCUT2D eigenvalue weighted by Gasteiger charge is -2.25. The van der Waals surface area contributed by atoms with E-state index in [1.165, 1.54) is 25.7 Å². The van der Waals surface area contributed by atoms with Gasteiger partial charge in [0, 0.05) is 18.6 Å². The number of carbonyl (C=O) groups is 2. The number of ether oxygens (including phenoxy) is 3. The molecule has 0 radical (unpaired) electrons. The van der Waals surface area contributed by atoms with Gasteiger partial charge in [0.25, 0.3) is 5.56 Å². The van der Waals surface area contributed by atoms with Crippen molar-refractivity contribution >= 4 is 52.6 Å². The second-order valence-electron chi connectivity index (χ2n) is 8.91. The van der Waals surface area contributed by atoms with Crippen LogP contribution in [0.1, 0.15) is 31.2 Å². The Morgan fingerprint density at radius 1 is 1.05 bits per heavy atom. The summed E-state index contributed by atoms with van der Waals surface area (Å²) in [5, 5.41) is 0.822. The lowest BCUT2D eigenvalue weighted by molar-refractivity contribution is -0.136. The number of thiazole rings is 1. The minimum Gasteiger partial charge on any atom is -0.493 e. The molecule has 3 heterocycles. The highest BCUT2D eigenvalue weighted by Crippen LogP contribution is 2.36. The summed E-state index contributed by atoms with van der Waals surface area (Å²) in [6, 6.07) is 12.6. The maximum Gasteiger partial charge on any atom is 0.338 e. The van der Waals surface area contributed by atoms with Crippen LogP contribution in [0.5, 0.6) is 11.5 Å². The molecule has 41 heavy (non-hydrogen) atoms. The van der Waals surface area contributed by atoms with E-state index in [0.29, 0.717) is 42.2 Å². The molecule has 2 aromatic heterocycles. The Hall–Kier alpha value is -4.12. The molecule has 0 saturated heterocycles. The minimum atomic E-state index is -0.885. The summed E-state index contributed by atoms with van der Waals surface area (Å²) < 4.78 is 23.4. The topological polar surface area (TPSA) is 109 Å². The molecule has 1 aliphatic rings. The Bertz CT molecular complexity index is 1920. The normalized spacial score (nSPS) is 14.9. The van der Waals surface area contributed by atoms with Gasteiger partial charge >= 0.3 is 11.9 Å². The zero-order valence-electron chi connectivity index (χ0n) is 22.2. The van der Waals surface area contributed by atoms with Crippen molar-refractivity contribution in [2.45, 2.75) is 19.9 Å². The maximum atomic E-state index is 13.8. The monoisotopic (exact) mass is 612 g/mol. The van der Waals surface area contributed by atoms with Crippen LogP contribution in [0.4, 0.5) is 0 Å². The standard InChI is InChI=1S/C29H22Cl2N2O7S/c1-14-25(28(36)38-4)26(17-6-9-22(39-15(2)34)23(12-17)37-3)33-27(35)24(41-29(33)32-14)13-18-7-10-21(40-18)16-5-8-19(30)20(31)11-16/h5-13,26H,1-4H3/b24-13+/t26-/m1/s1. The number of halogens is 2. The van der Waals surface area contributed by atoms with E-state index in [9.17, 15) is 14.4 Å². The van der Waals surface area contributed by atoms with Gasteiger partial charge in [-0.3, -0.25) is 14.2 Å². The molecule has 0 amide bonds. The van der Waals surface area contributed by atoms with Gasteiger partial charge in [-0.05, 0) is 55.0 Å². The van der Waals surface area contributed by atoms with Crippen LogP contribution in [0.25, 0.3) is 17.4 Å². The molecule has 2 aromatic carbocycles. The van der Waals surface area contributed by atoms with Crippen molar-refractivity contribution in [3.05, 3.63) is 101 Å². The van der Waals surface area contributed by atoms with Crippen molar-refractivity contribution in [1.29, 1.82) is 0 Å². The number of nitrogens with zero attached hydrogens (tertiary/aromatic N) is 2. The van der Waals surface area contributed by atoms with Crippen LogP contribution in [0.15, 0.2) is 74.0 Å². The third-order valence-corrected chi connectivity index (χ3v) is 8.01. The molecule has 0 fully saturated rings. The zero-order valence-corrected chi connectivity index (χ0v) is 24.5. The average Bonchev–Trinajstić information content (AvgIpc) is 3.53. The number of rotatable bonds is 6. The Labute approximate surface area is 247 Å². The largest absolute Gasteiger partial charge is 0.493 e. The molecular formula is C29H22Cl2N2O7S. The summed E-state index contributed by atoms with van der Waals surface area (Å²) in [6.07, 6.45) is 1.61. The Morgan fingerprint density at radius 3 is 2.51 bits per heavy atom. The third kappa shape index (κ3) is 5.46. The van der Waals surface area contributed by atoms with E-state index in [1.807, 2.05) is 0 Å². The van der Waals surface area contributed by atoms with Crippen LogP contribution in [-0.4, -0.2) is 30.7 Å². The molecule has 0 spiro atoms. The van der Waals surface area contributed by atoms with Crippen LogP contribution in [0.2, 0.25) is 10.0 Å². The van der Waals surface area contributed by atoms with Crippen molar-refractivity contribution in [2.75, 3.05) is 14.2 Å². The molecule has 5 rings (SSSR count). The van der Waals surface area contributed by atoms with Crippen LogP contribution in [0.3, 0.4) is 0 Å². The van der Waals surface area contributed by atoms with Crippen LogP contribution in [0, 0.1) is 0 Å². The summed E-state index contributed by atoms with van der Waals surface area (Å²) in [7, 11) is 2.69. The Morgan fingerprint density at radius 2 is 1.83 bits per heavy atom. The summed E-state index contributed by atoms with van der Waals surface area (Å²) in [5.74, 6) is 0.283. The van der Waals surface area contributed by atoms with E-state index < -0.39 is 18.0 Å². The fourth-order valence-electron chi connectivity index (χ4n) is 4.47. The number of fused-ring (bicyclic) bond motifs is 1. The van der Waals surface area contributed by atoms with Crippen molar-refractivity contribution in [3.8, 4) is 22.8 Å². The molecular weight excluding hydrogens is 591 g/mol. The third-order valence-electron chi connectivity index (χ3n) is 6.29. The highest BCUT2D eigenvalue weighted by molar-refractivity contribution is 7.07. The van der Waals surface area contributed by atoms with E-state index in [4.69, 9.17) is 41.8 Å². The highest BCUT2D eigenvalue weighted by Gasteiger charge is 2.33. The predicted octanol–water partition coefficient (Wildman–Crippen LogP) is 4.91. The molecule has 0 N–H and O–H groups in total. The van der Waals surface area contributed by atoms with Crippen molar-refractivity contribution < 1.29 is 28.2 Å². The van der Waals surface area contributed by atoms with Crippen molar-refractivity contribution in [1.82, 2.24) is 4.57 Å². The van der Waals surface area contributed by atoms with Crippen LogP contribution >= 0.6 is 34.5 Å². The number of allylic oxidation sites excluding steroid dienone is 1. The van der Waals surface area contributed by atoms with E-state index in [1.54, 1.807) is 61.5 Å². The van der Waals surface area contributed by atoms with Gasteiger partial charge < -0.3 is 18.6 Å². The van der Waals surface area contributed by atoms with Gasteiger partial charge in [0.05, 0.1) is 46.1 Å². The van der Waals surface area contributed by atoms with Gasteiger partial charge in [-0.1, -0.05) is 40.6 Å². The molecule has 4 aromatic rings. The first-order valence-corrected chi connectivity index (χ1v) is 13.7. The molecule has 0 saturated carbocycles. The van der Waals surface area contributed by atoms with Gasteiger partial charge in [0.2, 0.25) is 0 Å². The fourth-order valence-corrected chi connectivity index (χ4v) is 5.79. The Kier molecular flexibility index (Phi) is 7.90. The van der Waals surface area contributed by atoms with Crippen LogP contribution < -0.4 is 24.4 Å². The summed E-state index contributed by atoms with van der Waals surface area (Å²) >= 11 is 13.3. The first-order chi connectivity index (χ1) is 19.6. The van der Waals surface area contributed by atoms with Crippen molar-refractivity contribution in [2.24, 2.45) is 4.99 Å². The lowest BCUT2D eigenvalue weighted by Crippen LogP contribution is -2.39. The molecule has 0 aliphatic carbocycles. The number of benzene rings is 2. The molecule has 0 unspecified atom stereocenters. The molecule has 210 valence electrons. The molecule has 0 bridgehead atoms. The number of furan rings is 1. The first-order valence-electron chi connectivity index (χ1n) is 12.1. The number of hydrogen-bond donors (Lipinski definition) is 0. The number of esters is 2. The summed E-state index contributed by atoms with van der Waals surface area (Å²) in [4.78, 5) is 43.2. The van der Waals surface area contributed by atoms with Crippen LogP contribution in [-0.2, 0) is 14.3 Å². The quantitative estimate of drug-likeness (QED) is 0.225. The van der Waals surface area contributed by atoms with Gasteiger partial charge in [0.1, 0.15) is 11.5 Å². The highest BCUT2D eigenvalue weighted by atomic mass is 35.5. The smallest absolute Gasteiger partial charge is 0.338 e. The second-order valence-corrected chi connectivity index (χ2v) is 10.7. The van der Waals surface area contributed by atoms with Gasteiger partial charge in [0.15, 0.2) is 16.3 Å². The summed E-state index contributed by atoms with van der Waals surface area (Å²) in [5.41, 5.74) is 1.46. The number of methoxy groups -OCH3 is 2. The average molecular weight is 613 g/mol. The molecule has 1 aliphatic heterocycles. The van der Waals surface area contributed by atoms with E-state index in [2.05, 4.69) is 4.99 Å². The predicted molar refractivity (Wildman–Crippen MR) is 154 cm³/mol. The summed E-state index contributed by atoms with van der Waals surface area (Å²) in [6.45, 7) is 2.95. The number of aromatic nitrogens is 1. The van der Waals surface area contributed by atoms with Gasteiger partial charge in [-0.25, -0.2) is 9.79 Å². The van der Waals surface area contributed by atoms with E-state index in [0.717, 1.165) is 16.9 Å². The van der Waals surface area contributed by atoms with Gasteiger partial charge in [-0.15, -0.1) is 0 Å². The molecule has 12 heteroatoms. The Balaban J connectivity index is 1.64. The SMILES string of the molecule is COC(=O)C1=C(C)N=c2s/c(=C/c3ccc(-c4ccc(Cl)c(Cl)c4)o3)c(=O)n2[C@@H]1c1ccc(OC(C)=O)c(OC)c1. The number of carbonyl (C=O) groups excluding carboxylic acids is 2. The van der Waals surface area contributed by atoms with E-state index >= 15 is 0 Å². The lowest BCUT2D eigenvalue weighted by atomic mass is 9.95. The zero-order chi connectivity index (χ0) is 29.4. The van der Waals surface area contributed by atoms with Crippen molar-refractivity contribution in [3.63, 3.8) is 0 Å². The maximum absolute atomic E-state index is 13.8. The second kappa shape index (κ2) is 11.4. The minimum absolute atomic E-state index is 0.189. The number of hydrogen-bond acceptors (Lipinski definition) is 9. The van der Waals surface area contributed by atoms with Gasteiger partial charge in [-0.2, -0.15) is 0 Å². The fraction of sp³-hybridized carbons (Fsp3) is 0.172. The molecule has 1 atom stereocenters. The van der Waals surface area contributed by atoms with E-state index in [-0.39, 0.29) is 22.6 Å².